The van der Waals surface area contributed by atoms with Crippen molar-refractivity contribution in [2.45, 2.75) is 12.8 Å². The van der Waals surface area contributed by atoms with Crippen LogP contribution in [0.3, 0.4) is 0 Å². The molecule has 134 valence electrons. The average molecular weight is 376 g/mol. The fourth-order valence-corrected chi connectivity index (χ4v) is 2.46. The van der Waals surface area contributed by atoms with Crippen LogP contribution < -0.4 is 10.1 Å². The number of benzene rings is 2. The summed E-state index contributed by atoms with van der Waals surface area (Å²) in [5.41, 5.74) is 1.12. The second-order valence-electron chi connectivity index (χ2n) is 5.41. The summed E-state index contributed by atoms with van der Waals surface area (Å²) in [4.78, 5) is 16.3. The number of hydrogen-bond donors (Lipinski definition) is 1. The molecule has 0 saturated carbocycles. The summed E-state index contributed by atoms with van der Waals surface area (Å²) in [6, 6.07) is 10.7. The van der Waals surface area contributed by atoms with Crippen molar-refractivity contribution >= 4 is 23.2 Å². The van der Waals surface area contributed by atoms with Gasteiger partial charge < -0.3 is 14.6 Å². The minimum Gasteiger partial charge on any atom is -0.495 e. The van der Waals surface area contributed by atoms with E-state index in [4.69, 9.17) is 20.9 Å². The molecular weight excluding hydrogens is 361 g/mol. The fraction of sp³-hybridized carbons (Fsp3) is 0.167. The smallest absolute Gasteiger partial charge is 0.227 e. The lowest BCUT2D eigenvalue weighted by molar-refractivity contribution is -0.116. The van der Waals surface area contributed by atoms with E-state index < -0.39 is 0 Å². The van der Waals surface area contributed by atoms with Crippen LogP contribution >= 0.6 is 11.6 Å². The molecule has 1 heterocycles. The van der Waals surface area contributed by atoms with Gasteiger partial charge in [-0.1, -0.05) is 16.8 Å². The molecule has 0 bridgehead atoms. The summed E-state index contributed by atoms with van der Waals surface area (Å²) in [5.74, 6) is 0.589. The Hall–Kier alpha value is -2.93. The zero-order valence-electron chi connectivity index (χ0n) is 13.8. The Balaban J connectivity index is 1.60. The van der Waals surface area contributed by atoms with Crippen LogP contribution in [0.4, 0.5) is 10.1 Å². The van der Waals surface area contributed by atoms with E-state index in [-0.39, 0.29) is 24.6 Å². The van der Waals surface area contributed by atoms with E-state index in [0.29, 0.717) is 33.7 Å². The average Bonchev–Trinajstić information content (AvgIpc) is 3.10. The number of nitrogens with zero attached hydrogens (tertiary/aromatic N) is 2. The molecule has 2 aromatic carbocycles. The topological polar surface area (TPSA) is 77.2 Å². The molecule has 0 aliphatic carbocycles. The number of hydrogen-bond acceptors (Lipinski definition) is 5. The molecule has 1 aromatic heterocycles. The molecule has 3 aromatic rings. The van der Waals surface area contributed by atoms with Crippen LogP contribution in [0.2, 0.25) is 5.02 Å². The third-order valence-corrected chi connectivity index (χ3v) is 3.81. The molecule has 0 aliphatic rings. The number of nitrogens with one attached hydrogen (secondary N) is 1. The Kier molecular flexibility index (Phi) is 5.48. The summed E-state index contributed by atoms with van der Waals surface area (Å²) in [5, 5.41) is 7.06. The van der Waals surface area contributed by atoms with Crippen molar-refractivity contribution < 1.29 is 18.4 Å². The highest BCUT2D eigenvalue weighted by atomic mass is 35.5. The first-order valence-electron chi connectivity index (χ1n) is 7.77. The van der Waals surface area contributed by atoms with Crippen molar-refractivity contribution in [2.75, 3.05) is 12.4 Å². The molecule has 26 heavy (non-hydrogen) atoms. The van der Waals surface area contributed by atoms with E-state index in [2.05, 4.69) is 15.5 Å². The van der Waals surface area contributed by atoms with Crippen molar-refractivity contribution in [3.63, 3.8) is 0 Å². The van der Waals surface area contributed by atoms with E-state index in [1.165, 1.54) is 19.2 Å². The van der Waals surface area contributed by atoms with E-state index in [1.54, 1.807) is 30.3 Å². The van der Waals surface area contributed by atoms with Gasteiger partial charge in [-0.25, -0.2) is 4.39 Å². The Labute approximate surface area is 153 Å². The maximum Gasteiger partial charge on any atom is 0.227 e. The van der Waals surface area contributed by atoms with Crippen molar-refractivity contribution in [1.29, 1.82) is 0 Å². The zero-order valence-corrected chi connectivity index (χ0v) is 14.6. The van der Waals surface area contributed by atoms with Gasteiger partial charge in [0.15, 0.2) is 0 Å². The minimum absolute atomic E-state index is 0.140. The maximum atomic E-state index is 12.9. The van der Waals surface area contributed by atoms with Gasteiger partial charge in [-0.2, -0.15) is 4.98 Å². The molecule has 0 fully saturated rings. The molecule has 8 heteroatoms. The molecule has 0 unspecified atom stereocenters. The number of carbonyl (C=O) groups excluding carboxylic acids is 1. The van der Waals surface area contributed by atoms with E-state index in [0.717, 1.165) is 0 Å². The summed E-state index contributed by atoms with van der Waals surface area (Å²) in [6.07, 6.45) is 0.406. The van der Waals surface area contributed by atoms with Gasteiger partial charge in [-0.3, -0.25) is 4.79 Å². The normalized spacial score (nSPS) is 10.6. The highest BCUT2D eigenvalue weighted by Crippen LogP contribution is 2.27. The van der Waals surface area contributed by atoms with Gasteiger partial charge in [0.05, 0.1) is 12.8 Å². The van der Waals surface area contributed by atoms with Gasteiger partial charge >= 0.3 is 0 Å². The fourth-order valence-electron chi connectivity index (χ4n) is 2.28. The second-order valence-corrected chi connectivity index (χ2v) is 5.85. The highest BCUT2D eigenvalue weighted by Gasteiger charge is 2.12. The Morgan fingerprint density at radius 2 is 2.04 bits per heavy atom. The second kappa shape index (κ2) is 7.97. The zero-order chi connectivity index (χ0) is 18.5. The SMILES string of the molecule is COc1ccc(Cl)cc1NC(=O)CCc1nc(-c2ccc(F)cc2)no1. The van der Waals surface area contributed by atoms with Crippen LogP contribution in [-0.2, 0) is 11.2 Å². The van der Waals surface area contributed by atoms with Gasteiger partial charge in [0.25, 0.3) is 0 Å². The molecule has 0 aliphatic heterocycles. The molecule has 6 nitrogen and oxygen atoms in total. The number of rotatable bonds is 6. The van der Waals surface area contributed by atoms with Crippen molar-refractivity contribution in [3.8, 4) is 17.1 Å². The maximum absolute atomic E-state index is 12.9. The van der Waals surface area contributed by atoms with Crippen LogP contribution in [0.1, 0.15) is 12.3 Å². The van der Waals surface area contributed by atoms with Crippen LogP contribution in [0.15, 0.2) is 47.0 Å². The van der Waals surface area contributed by atoms with Gasteiger partial charge in [0, 0.05) is 23.4 Å². The number of carbonyl (C=O) groups is 1. The number of methoxy groups -OCH3 is 1. The van der Waals surface area contributed by atoms with Gasteiger partial charge in [0.1, 0.15) is 11.6 Å². The van der Waals surface area contributed by atoms with Crippen molar-refractivity contribution in [1.82, 2.24) is 10.1 Å². The number of halogens is 2. The highest BCUT2D eigenvalue weighted by molar-refractivity contribution is 6.31. The molecular formula is C18H15ClFN3O3. The standard InChI is InChI=1S/C18H15ClFN3O3/c1-25-15-7-4-12(19)10-14(15)21-16(24)8-9-17-22-18(23-26-17)11-2-5-13(20)6-3-11/h2-7,10H,8-9H2,1H3,(H,21,24). The van der Waals surface area contributed by atoms with Crippen molar-refractivity contribution in [3.05, 3.63) is 59.2 Å². The van der Waals surface area contributed by atoms with Gasteiger partial charge in [-0.15, -0.1) is 0 Å². The first-order valence-corrected chi connectivity index (χ1v) is 8.15. The lowest BCUT2D eigenvalue weighted by atomic mass is 10.2. The molecule has 0 spiro atoms. The minimum atomic E-state index is -0.342. The van der Waals surface area contributed by atoms with Crippen LogP contribution in [-0.4, -0.2) is 23.2 Å². The molecule has 0 atom stereocenters. The summed E-state index contributed by atoms with van der Waals surface area (Å²) < 4.78 is 23.3. The Morgan fingerprint density at radius 1 is 1.27 bits per heavy atom. The van der Waals surface area contributed by atoms with Crippen LogP contribution in [0, 0.1) is 5.82 Å². The van der Waals surface area contributed by atoms with Crippen LogP contribution in [0.25, 0.3) is 11.4 Å². The number of amides is 1. The predicted molar refractivity (Wildman–Crippen MR) is 94.6 cm³/mol. The molecule has 1 amide bonds. The van der Waals surface area contributed by atoms with Crippen LogP contribution in [0.5, 0.6) is 5.75 Å². The first kappa shape index (κ1) is 17.9. The number of anilines is 1. The molecule has 0 saturated heterocycles. The van der Waals surface area contributed by atoms with Gasteiger partial charge in [0.2, 0.25) is 17.6 Å². The summed E-state index contributed by atoms with van der Waals surface area (Å²) in [6.45, 7) is 0. The lowest BCUT2D eigenvalue weighted by Crippen LogP contribution is -2.13. The first-order chi connectivity index (χ1) is 12.5. The molecule has 1 N–H and O–H groups in total. The summed E-state index contributed by atoms with van der Waals surface area (Å²) >= 11 is 5.94. The number of ether oxygens (including phenoxy) is 1. The van der Waals surface area contributed by atoms with E-state index >= 15 is 0 Å². The predicted octanol–water partition coefficient (Wildman–Crippen LogP) is 4.11. The Morgan fingerprint density at radius 3 is 2.77 bits per heavy atom. The lowest BCUT2D eigenvalue weighted by Gasteiger charge is -2.10. The largest absolute Gasteiger partial charge is 0.495 e. The number of aromatic nitrogens is 2. The van der Waals surface area contributed by atoms with E-state index in [9.17, 15) is 9.18 Å². The third kappa shape index (κ3) is 4.37. The van der Waals surface area contributed by atoms with Gasteiger partial charge in [-0.05, 0) is 42.5 Å². The van der Waals surface area contributed by atoms with Crippen molar-refractivity contribution in [2.24, 2.45) is 0 Å². The Bertz CT molecular complexity index is 912. The van der Waals surface area contributed by atoms with E-state index in [1.807, 2.05) is 0 Å². The monoisotopic (exact) mass is 375 g/mol. The third-order valence-electron chi connectivity index (χ3n) is 3.57. The molecule has 0 radical (unpaired) electrons. The number of aryl methyl sites for hydroxylation is 1. The summed E-state index contributed by atoms with van der Waals surface area (Å²) in [7, 11) is 1.51. The molecule has 3 rings (SSSR count). The quantitative estimate of drug-likeness (QED) is 0.701.